The van der Waals surface area contributed by atoms with E-state index in [1.807, 2.05) is 36.4 Å². The minimum absolute atomic E-state index is 0.0181. The Bertz CT molecular complexity index is 1720. The zero-order valence-electron chi connectivity index (χ0n) is 32.0. The Morgan fingerprint density at radius 1 is 0.750 bits per heavy atom. The lowest BCUT2D eigenvalue weighted by Gasteiger charge is -2.27. The van der Waals surface area contributed by atoms with Crippen molar-refractivity contribution in [3.05, 3.63) is 90.0 Å². The number of H-pyrrole nitrogens is 1. The molecule has 0 spiro atoms. The zero-order chi connectivity index (χ0) is 40.5. The van der Waals surface area contributed by atoms with Crippen LogP contribution in [0.3, 0.4) is 0 Å². The SMILES string of the molecule is CC(C)[C@H](NC(=O)[C@H](Cc1ccccc1)NC(=O)[C@H](CCCCN)NC(=O)[C@H](Cc1cnc[nH]1)NC(=O)[C@H](Cc1ccccc1)NC(=O)[C@@H]1CCCN1)C(=O)O. The van der Waals surface area contributed by atoms with E-state index in [4.69, 9.17) is 5.73 Å². The van der Waals surface area contributed by atoms with Crippen LogP contribution >= 0.6 is 0 Å². The van der Waals surface area contributed by atoms with E-state index in [1.165, 1.54) is 12.5 Å². The number of aromatic nitrogens is 2. The molecule has 302 valence electrons. The molecule has 16 nitrogen and oxygen atoms in total. The monoisotopic (exact) mass is 773 g/mol. The second-order valence-corrected chi connectivity index (χ2v) is 14.4. The molecule has 0 saturated carbocycles. The summed E-state index contributed by atoms with van der Waals surface area (Å²) in [6.45, 7) is 4.36. The maximum atomic E-state index is 14.2. The van der Waals surface area contributed by atoms with Crippen molar-refractivity contribution in [2.45, 2.75) is 101 Å². The van der Waals surface area contributed by atoms with Crippen molar-refractivity contribution in [2.75, 3.05) is 13.1 Å². The van der Waals surface area contributed by atoms with Crippen molar-refractivity contribution in [3.63, 3.8) is 0 Å². The fourth-order valence-corrected chi connectivity index (χ4v) is 6.47. The first-order valence-corrected chi connectivity index (χ1v) is 19.2. The second-order valence-electron chi connectivity index (χ2n) is 14.4. The molecule has 6 atom stereocenters. The van der Waals surface area contributed by atoms with Gasteiger partial charge in [-0.05, 0) is 62.2 Å². The van der Waals surface area contributed by atoms with E-state index in [0.29, 0.717) is 38.0 Å². The van der Waals surface area contributed by atoms with E-state index in [9.17, 15) is 33.9 Å². The van der Waals surface area contributed by atoms with Gasteiger partial charge in [-0.25, -0.2) is 9.78 Å². The number of hydrogen-bond acceptors (Lipinski definition) is 9. The molecule has 1 aliphatic heterocycles. The number of carbonyl (C=O) groups excluding carboxylic acids is 5. The topological polar surface area (TPSA) is 250 Å². The van der Waals surface area contributed by atoms with Gasteiger partial charge in [0.2, 0.25) is 29.5 Å². The number of nitrogens with zero attached hydrogens (tertiary/aromatic N) is 1. The maximum Gasteiger partial charge on any atom is 0.326 e. The molecule has 16 heteroatoms. The van der Waals surface area contributed by atoms with Crippen LogP contribution in [0.25, 0.3) is 0 Å². The van der Waals surface area contributed by atoms with Crippen LogP contribution in [0.1, 0.15) is 62.8 Å². The van der Waals surface area contributed by atoms with Crippen LogP contribution in [0.5, 0.6) is 0 Å². The number of amides is 5. The number of carboxylic acids is 1. The molecule has 2 aromatic carbocycles. The summed E-state index contributed by atoms with van der Waals surface area (Å²) in [6.07, 6.45) is 5.78. The smallest absolute Gasteiger partial charge is 0.326 e. The molecule has 1 saturated heterocycles. The lowest BCUT2D eigenvalue weighted by molar-refractivity contribution is -0.143. The molecule has 0 bridgehead atoms. The first kappa shape index (κ1) is 43.1. The van der Waals surface area contributed by atoms with E-state index in [1.54, 1.807) is 38.1 Å². The molecule has 4 rings (SSSR count). The van der Waals surface area contributed by atoms with E-state index in [-0.39, 0.29) is 31.6 Å². The van der Waals surface area contributed by atoms with E-state index < -0.39 is 71.8 Å². The number of nitrogens with two attached hydrogens (primary N) is 1. The molecule has 0 aliphatic carbocycles. The summed E-state index contributed by atoms with van der Waals surface area (Å²) < 4.78 is 0. The van der Waals surface area contributed by atoms with Crippen molar-refractivity contribution in [3.8, 4) is 0 Å². The Morgan fingerprint density at radius 2 is 1.29 bits per heavy atom. The first-order valence-electron chi connectivity index (χ1n) is 19.2. The molecule has 2 heterocycles. The quantitative estimate of drug-likeness (QED) is 0.0639. The highest BCUT2D eigenvalue weighted by atomic mass is 16.4. The molecule has 1 fully saturated rings. The Hall–Kier alpha value is -5.61. The fraction of sp³-hybridized carbons (Fsp3) is 0.475. The number of rotatable bonds is 22. The van der Waals surface area contributed by atoms with Crippen molar-refractivity contribution >= 4 is 35.5 Å². The highest BCUT2D eigenvalue weighted by Gasteiger charge is 2.34. The van der Waals surface area contributed by atoms with Gasteiger partial charge in [-0.15, -0.1) is 0 Å². The van der Waals surface area contributed by atoms with Gasteiger partial charge in [0.15, 0.2) is 0 Å². The number of benzene rings is 2. The van der Waals surface area contributed by atoms with Crippen LogP contribution in [0.15, 0.2) is 73.2 Å². The lowest BCUT2D eigenvalue weighted by atomic mass is 10.0. The van der Waals surface area contributed by atoms with E-state index in [0.717, 1.165) is 17.5 Å². The van der Waals surface area contributed by atoms with Gasteiger partial charge in [-0.2, -0.15) is 0 Å². The van der Waals surface area contributed by atoms with Crippen molar-refractivity contribution in [1.82, 2.24) is 41.9 Å². The van der Waals surface area contributed by atoms with Crippen molar-refractivity contribution in [2.24, 2.45) is 11.7 Å². The number of imidazole rings is 1. The average molecular weight is 774 g/mol. The van der Waals surface area contributed by atoms with Gasteiger partial charge in [0.25, 0.3) is 0 Å². The summed E-state index contributed by atoms with van der Waals surface area (Å²) in [4.78, 5) is 87.9. The van der Waals surface area contributed by atoms with E-state index >= 15 is 0 Å². The van der Waals surface area contributed by atoms with Gasteiger partial charge in [-0.3, -0.25) is 24.0 Å². The van der Waals surface area contributed by atoms with Crippen LogP contribution in [0.4, 0.5) is 0 Å². The maximum absolute atomic E-state index is 14.2. The molecule has 0 unspecified atom stereocenters. The fourth-order valence-electron chi connectivity index (χ4n) is 6.47. The number of aliphatic carboxylic acids is 1. The number of carboxylic acid groups (broad SMARTS) is 1. The minimum atomic E-state index is -1.21. The number of carbonyl (C=O) groups is 6. The number of aromatic amines is 1. The Kier molecular flexibility index (Phi) is 17.0. The Labute approximate surface area is 326 Å². The third-order valence-electron chi connectivity index (χ3n) is 9.63. The predicted molar refractivity (Wildman–Crippen MR) is 209 cm³/mol. The van der Waals surface area contributed by atoms with Crippen LogP contribution < -0.4 is 37.6 Å². The van der Waals surface area contributed by atoms with Gasteiger partial charge >= 0.3 is 5.97 Å². The Balaban J connectivity index is 1.57. The molecule has 5 amide bonds. The molecule has 0 radical (unpaired) electrons. The third-order valence-corrected chi connectivity index (χ3v) is 9.63. The molecule has 3 aromatic rings. The summed E-state index contributed by atoms with van der Waals surface area (Å²) in [7, 11) is 0. The number of hydrogen-bond donors (Lipinski definition) is 9. The predicted octanol–water partition coefficient (Wildman–Crippen LogP) is 0.483. The van der Waals surface area contributed by atoms with Crippen LogP contribution in [-0.4, -0.2) is 99.9 Å². The molecule has 1 aliphatic rings. The van der Waals surface area contributed by atoms with Gasteiger partial charge in [-0.1, -0.05) is 74.5 Å². The largest absolute Gasteiger partial charge is 0.480 e. The normalized spacial score (nSPS) is 16.5. The number of nitrogens with one attached hydrogen (secondary N) is 7. The highest BCUT2D eigenvalue weighted by Crippen LogP contribution is 2.12. The molecular formula is C40H55N9O7. The first-order chi connectivity index (χ1) is 26.9. The molecule has 1 aromatic heterocycles. The lowest BCUT2D eigenvalue weighted by Crippen LogP contribution is -2.60. The molecule has 10 N–H and O–H groups in total. The van der Waals surface area contributed by atoms with Crippen molar-refractivity contribution in [1.29, 1.82) is 0 Å². The second kappa shape index (κ2) is 22.1. The van der Waals surface area contributed by atoms with Crippen LogP contribution in [0, 0.1) is 5.92 Å². The van der Waals surface area contributed by atoms with E-state index in [2.05, 4.69) is 41.9 Å². The summed E-state index contributed by atoms with van der Waals surface area (Å²) in [5.74, 6) is -4.61. The van der Waals surface area contributed by atoms with Crippen molar-refractivity contribution < 1.29 is 33.9 Å². The minimum Gasteiger partial charge on any atom is -0.480 e. The average Bonchev–Trinajstić information content (AvgIpc) is 3.92. The molecular weight excluding hydrogens is 718 g/mol. The van der Waals surface area contributed by atoms with Crippen LogP contribution in [0.2, 0.25) is 0 Å². The van der Waals surface area contributed by atoms with Gasteiger partial charge in [0, 0.05) is 31.2 Å². The summed E-state index contributed by atoms with van der Waals surface area (Å²) >= 11 is 0. The number of unbranched alkanes of at least 4 members (excludes halogenated alkanes) is 1. The van der Waals surface area contributed by atoms with Gasteiger partial charge in [0.1, 0.15) is 30.2 Å². The van der Waals surface area contributed by atoms with Gasteiger partial charge < -0.3 is 47.7 Å². The zero-order valence-corrected chi connectivity index (χ0v) is 32.0. The summed E-state index contributed by atoms with van der Waals surface area (Å²) in [6, 6.07) is 11.9. The summed E-state index contributed by atoms with van der Waals surface area (Å²) in [5, 5.41) is 26.7. The third kappa shape index (κ3) is 13.6. The summed E-state index contributed by atoms with van der Waals surface area (Å²) in [5.41, 5.74) is 7.80. The highest BCUT2D eigenvalue weighted by molar-refractivity contribution is 5.96. The Morgan fingerprint density at radius 3 is 1.79 bits per heavy atom. The standard InChI is InChI=1S/C40H55N9O7/c1-25(2)34(40(55)56)49-39(54)32(21-27-14-7-4-8-15-27)47-36(51)30(16-9-10-18-41)45-38(53)33(22-28-23-42-24-44-28)48-37(52)31(20-26-12-5-3-6-13-26)46-35(50)29-17-11-19-43-29/h3-8,12-15,23-25,29-34,43H,9-11,16-22,41H2,1-2H3,(H,42,44)(H,45,53)(H,46,50)(H,47,51)(H,48,52)(H,49,54)(H,55,56)/t29-,30-,31-,32-,33-,34-/m0/s1. The van der Waals surface area contributed by atoms with Gasteiger partial charge in [0.05, 0.1) is 12.4 Å². The van der Waals surface area contributed by atoms with Crippen LogP contribution in [-0.2, 0) is 48.0 Å². The molecule has 56 heavy (non-hydrogen) atoms.